The van der Waals surface area contributed by atoms with Crippen LogP contribution in [-0.2, 0) is 16.1 Å². The molecule has 6 heteroatoms. The van der Waals surface area contributed by atoms with Crippen LogP contribution in [0.25, 0.3) is 0 Å². The molecule has 1 aliphatic rings. The molecular weight excluding hydrogens is 286 g/mol. The molecule has 0 radical (unpaired) electrons. The third kappa shape index (κ3) is 3.88. The van der Waals surface area contributed by atoms with E-state index in [0.29, 0.717) is 24.4 Å². The van der Waals surface area contributed by atoms with Gasteiger partial charge in [0.25, 0.3) is 0 Å². The van der Waals surface area contributed by atoms with Crippen LogP contribution in [0.5, 0.6) is 0 Å². The number of thioether (sulfide) groups is 1. The van der Waals surface area contributed by atoms with E-state index in [1.54, 1.807) is 12.1 Å². The monoisotopic (exact) mass is 299 g/mol. The Morgan fingerprint density at radius 2 is 1.89 bits per heavy atom. The van der Waals surface area contributed by atoms with Crippen molar-refractivity contribution in [1.82, 2.24) is 5.32 Å². The van der Waals surface area contributed by atoms with E-state index in [2.05, 4.69) is 5.32 Å². The number of carbonyl (C=O) groups is 2. The Bertz CT molecular complexity index is 477. The Balaban J connectivity index is 1.82. The fourth-order valence-electron chi connectivity index (χ4n) is 1.92. The summed E-state index contributed by atoms with van der Waals surface area (Å²) >= 11 is 7.01. The van der Waals surface area contributed by atoms with Gasteiger partial charge in [0.1, 0.15) is 5.25 Å². The zero-order valence-electron chi connectivity index (χ0n) is 10.1. The summed E-state index contributed by atoms with van der Waals surface area (Å²) in [6.45, 7) is 0.435. The van der Waals surface area contributed by atoms with Crippen LogP contribution in [0, 0.1) is 0 Å². The van der Waals surface area contributed by atoms with E-state index in [0.717, 1.165) is 5.56 Å². The molecule has 0 saturated carbocycles. The smallest absolute Gasteiger partial charge is 0.316 e. The second-order valence-corrected chi connectivity index (χ2v) is 6.22. The van der Waals surface area contributed by atoms with Crippen molar-refractivity contribution < 1.29 is 14.7 Å². The molecule has 0 spiro atoms. The SMILES string of the molecule is O=C(O)C1CCC(C(=O)NCc2ccc(Cl)cc2)S1. The van der Waals surface area contributed by atoms with Gasteiger partial charge in [-0.2, -0.15) is 0 Å². The van der Waals surface area contributed by atoms with Crippen molar-refractivity contribution >= 4 is 35.2 Å². The van der Waals surface area contributed by atoms with Crippen LogP contribution >= 0.6 is 23.4 Å². The van der Waals surface area contributed by atoms with Crippen LogP contribution in [-0.4, -0.2) is 27.5 Å². The summed E-state index contributed by atoms with van der Waals surface area (Å²) in [5, 5.41) is 11.7. The van der Waals surface area contributed by atoms with Crippen molar-refractivity contribution in [2.75, 3.05) is 0 Å². The van der Waals surface area contributed by atoms with E-state index in [9.17, 15) is 9.59 Å². The van der Waals surface area contributed by atoms with Crippen LogP contribution in [0.3, 0.4) is 0 Å². The molecule has 1 fully saturated rings. The predicted molar refractivity (Wildman–Crippen MR) is 75.3 cm³/mol. The number of aliphatic carboxylic acids is 1. The molecule has 1 saturated heterocycles. The molecule has 19 heavy (non-hydrogen) atoms. The molecule has 2 N–H and O–H groups in total. The number of benzene rings is 1. The number of hydrogen-bond acceptors (Lipinski definition) is 3. The van der Waals surface area contributed by atoms with Crippen LogP contribution in [0.4, 0.5) is 0 Å². The number of carboxylic acid groups (broad SMARTS) is 1. The molecule has 0 aliphatic carbocycles. The minimum atomic E-state index is -0.835. The van der Waals surface area contributed by atoms with Gasteiger partial charge in [0.2, 0.25) is 5.91 Å². The van der Waals surface area contributed by atoms with Gasteiger partial charge in [-0.05, 0) is 30.5 Å². The first-order valence-electron chi connectivity index (χ1n) is 5.96. The average Bonchev–Trinajstić information content (AvgIpc) is 2.87. The van der Waals surface area contributed by atoms with E-state index < -0.39 is 11.2 Å². The lowest BCUT2D eigenvalue weighted by atomic mass is 10.2. The van der Waals surface area contributed by atoms with Crippen LogP contribution in [0.1, 0.15) is 18.4 Å². The minimum absolute atomic E-state index is 0.0938. The van der Waals surface area contributed by atoms with Crippen molar-refractivity contribution in [3.63, 3.8) is 0 Å². The van der Waals surface area contributed by atoms with Gasteiger partial charge in [0.15, 0.2) is 0 Å². The molecule has 2 unspecified atom stereocenters. The highest BCUT2D eigenvalue weighted by atomic mass is 35.5. The zero-order chi connectivity index (χ0) is 13.8. The maximum absolute atomic E-state index is 11.9. The summed E-state index contributed by atoms with van der Waals surface area (Å²) in [5.41, 5.74) is 0.968. The molecule has 1 amide bonds. The van der Waals surface area contributed by atoms with Crippen LogP contribution in [0.2, 0.25) is 5.02 Å². The van der Waals surface area contributed by atoms with Gasteiger partial charge < -0.3 is 10.4 Å². The summed E-state index contributed by atoms with van der Waals surface area (Å²) in [7, 11) is 0. The molecule has 2 atom stereocenters. The van der Waals surface area contributed by atoms with Crippen molar-refractivity contribution in [2.45, 2.75) is 29.9 Å². The van der Waals surface area contributed by atoms with Gasteiger partial charge in [-0.25, -0.2) is 0 Å². The molecule has 0 bridgehead atoms. The van der Waals surface area contributed by atoms with Crippen molar-refractivity contribution in [3.8, 4) is 0 Å². The number of amides is 1. The fraction of sp³-hybridized carbons (Fsp3) is 0.385. The summed E-state index contributed by atoms with van der Waals surface area (Å²) in [4.78, 5) is 22.7. The summed E-state index contributed by atoms with van der Waals surface area (Å²) in [6.07, 6.45) is 1.17. The number of nitrogens with one attached hydrogen (secondary N) is 1. The lowest BCUT2D eigenvalue weighted by molar-refractivity contribution is -0.136. The standard InChI is InChI=1S/C13H14ClNO3S/c14-9-3-1-8(2-4-9)7-15-12(16)10-5-6-11(19-10)13(17)18/h1-4,10-11H,5-7H2,(H,15,16)(H,17,18). The second kappa shape index (κ2) is 6.30. The van der Waals surface area contributed by atoms with Crippen molar-refractivity contribution in [1.29, 1.82) is 0 Å². The number of carbonyl (C=O) groups excluding carboxylic acids is 1. The Kier molecular flexibility index (Phi) is 4.71. The summed E-state index contributed by atoms with van der Waals surface area (Å²) in [5.74, 6) is -0.929. The molecule has 1 aromatic carbocycles. The Morgan fingerprint density at radius 3 is 2.47 bits per heavy atom. The molecular formula is C13H14ClNO3S. The minimum Gasteiger partial charge on any atom is -0.480 e. The van der Waals surface area contributed by atoms with E-state index >= 15 is 0 Å². The first kappa shape index (κ1) is 14.2. The van der Waals surface area contributed by atoms with E-state index in [4.69, 9.17) is 16.7 Å². The molecule has 1 aromatic rings. The quantitative estimate of drug-likeness (QED) is 0.895. The van der Waals surface area contributed by atoms with Crippen LogP contribution in [0.15, 0.2) is 24.3 Å². The molecule has 2 rings (SSSR count). The fourth-order valence-corrected chi connectivity index (χ4v) is 3.31. The van der Waals surface area contributed by atoms with Gasteiger partial charge >= 0.3 is 5.97 Å². The van der Waals surface area contributed by atoms with Gasteiger partial charge in [0.05, 0.1) is 5.25 Å². The number of hydrogen-bond donors (Lipinski definition) is 2. The average molecular weight is 300 g/mol. The van der Waals surface area contributed by atoms with Gasteiger partial charge in [-0.1, -0.05) is 23.7 Å². The van der Waals surface area contributed by atoms with E-state index in [1.807, 2.05) is 12.1 Å². The van der Waals surface area contributed by atoms with E-state index in [1.165, 1.54) is 11.8 Å². The highest BCUT2D eigenvalue weighted by molar-refractivity contribution is 8.02. The highest BCUT2D eigenvalue weighted by Gasteiger charge is 2.34. The number of halogens is 1. The van der Waals surface area contributed by atoms with Crippen molar-refractivity contribution in [2.24, 2.45) is 0 Å². The first-order chi connectivity index (χ1) is 9.06. The van der Waals surface area contributed by atoms with E-state index in [-0.39, 0.29) is 11.2 Å². The second-order valence-electron chi connectivity index (χ2n) is 4.37. The molecule has 0 aromatic heterocycles. The zero-order valence-corrected chi connectivity index (χ0v) is 11.7. The molecule has 1 heterocycles. The van der Waals surface area contributed by atoms with Gasteiger partial charge in [0, 0.05) is 11.6 Å². The molecule has 4 nitrogen and oxygen atoms in total. The highest BCUT2D eigenvalue weighted by Crippen LogP contribution is 2.33. The normalized spacial score (nSPS) is 22.2. The molecule has 102 valence electrons. The largest absolute Gasteiger partial charge is 0.480 e. The summed E-state index contributed by atoms with van der Waals surface area (Å²) in [6, 6.07) is 7.25. The number of carboxylic acids is 1. The van der Waals surface area contributed by atoms with Crippen LogP contribution < -0.4 is 5.32 Å². The maximum atomic E-state index is 11.9. The maximum Gasteiger partial charge on any atom is 0.316 e. The lowest BCUT2D eigenvalue weighted by Crippen LogP contribution is -2.31. The molecule has 1 aliphatic heterocycles. The predicted octanol–water partition coefficient (Wildman–Crippen LogP) is 2.31. The Hall–Kier alpha value is -1.20. The number of rotatable bonds is 4. The third-order valence-electron chi connectivity index (χ3n) is 2.97. The first-order valence-corrected chi connectivity index (χ1v) is 7.29. The lowest BCUT2D eigenvalue weighted by Gasteiger charge is -2.10. The third-order valence-corrected chi connectivity index (χ3v) is 4.76. The Morgan fingerprint density at radius 1 is 1.26 bits per heavy atom. The Labute approximate surface area is 120 Å². The topological polar surface area (TPSA) is 66.4 Å². The van der Waals surface area contributed by atoms with Gasteiger partial charge in [-0.3, -0.25) is 9.59 Å². The summed E-state index contributed by atoms with van der Waals surface area (Å²) < 4.78 is 0. The van der Waals surface area contributed by atoms with Crippen molar-refractivity contribution in [3.05, 3.63) is 34.9 Å². The van der Waals surface area contributed by atoms with Gasteiger partial charge in [-0.15, -0.1) is 11.8 Å².